The number of amides is 1. The molecule has 2 aromatic carbocycles. The lowest BCUT2D eigenvalue weighted by Gasteiger charge is -2.43. The van der Waals surface area contributed by atoms with Gasteiger partial charge in [-0.1, -0.05) is 49.2 Å². The van der Waals surface area contributed by atoms with Crippen molar-refractivity contribution in [1.29, 1.82) is 0 Å². The van der Waals surface area contributed by atoms with Gasteiger partial charge >= 0.3 is 0 Å². The summed E-state index contributed by atoms with van der Waals surface area (Å²) in [6, 6.07) is 15.2. The van der Waals surface area contributed by atoms with Crippen LogP contribution in [-0.4, -0.2) is 42.6 Å². The van der Waals surface area contributed by atoms with Crippen molar-refractivity contribution in [2.75, 3.05) is 19.7 Å². The van der Waals surface area contributed by atoms with E-state index in [1.807, 2.05) is 12.1 Å². The molecular formula is C22H28N2O2. The van der Waals surface area contributed by atoms with Gasteiger partial charge in [0.15, 0.2) is 0 Å². The Bertz CT molecular complexity index is 774. The highest BCUT2D eigenvalue weighted by Crippen LogP contribution is 2.28. The molecule has 4 rings (SSSR count). The molecule has 1 heterocycles. The van der Waals surface area contributed by atoms with Gasteiger partial charge in [-0.25, -0.2) is 0 Å². The van der Waals surface area contributed by atoms with Gasteiger partial charge in [0.05, 0.1) is 25.3 Å². The Morgan fingerprint density at radius 3 is 2.88 bits per heavy atom. The zero-order chi connectivity index (χ0) is 17.9. The molecule has 0 aromatic heterocycles. The minimum Gasteiger partial charge on any atom is -0.375 e. The normalized spacial score (nSPS) is 24.8. The summed E-state index contributed by atoms with van der Waals surface area (Å²) in [6.45, 7) is 4.14. The summed E-state index contributed by atoms with van der Waals surface area (Å²) in [5.74, 6) is 0.108. The van der Waals surface area contributed by atoms with E-state index in [4.69, 9.17) is 4.74 Å². The molecule has 0 spiro atoms. The molecular weight excluding hydrogens is 324 g/mol. The Morgan fingerprint density at radius 1 is 1.19 bits per heavy atom. The van der Waals surface area contributed by atoms with Gasteiger partial charge in [-0.15, -0.1) is 0 Å². The first-order valence-electron chi connectivity index (χ1n) is 9.84. The Labute approximate surface area is 155 Å². The van der Waals surface area contributed by atoms with Crippen LogP contribution < -0.4 is 5.32 Å². The second-order valence-corrected chi connectivity index (χ2v) is 7.63. The minimum atomic E-state index is 0.00954. The first-order valence-corrected chi connectivity index (χ1v) is 9.84. The van der Waals surface area contributed by atoms with Gasteiger partial charge in [-0.2, -0.15) is 0 Å². The maximum absolute atomic E-state index is 12.6. The number of nitrogens with one attached hydrogen (secondary N) is 1. The van der Waals surface area contributed by atoms with Gasteiger partial charge in [0, 0.05) is 12.6 Å². The zero-order valence-corrected chi connectivity index (χ0v) is 15.5. The average Bonchev–Trinajstić information content (AvgIpc) is 2.68. The number of hydrogen-bond acceptors (Lipinski definition) is 3. The van der Waals surface area contributed by atoms with E-state index in [0.717, 1.165) is 31.6 Å². The molecule has 4 nitrogen and oxygen atoms in total. The molecule has 1 saturated carbocycles. The quantitative estimate of drug-likeness (QED) is 0.913. The molecule has 1 aliphatic carbocycles. The highest BCUT2D eigenvalue weighted by molar-refractivity contribution is 5.83. The minimum absolute atomic E-state index is 0.00954. The van der Waals surface area contributed by atoms with Crippen molar-refractivity contribution in [1.82, 2.24) is 10.2 Å². The molecule has 138 valence electrons. The number of hydrogen-bond donors (Lipinski definition) is 1. The zero-order valence-electron chi connectivity index (χ0n) is 15.5. The Kier molecular flexibility index (Phi) is 5.23. The predicted molar refractivity (Wildman–Crippen MR) is 104 cm³/mol. The summed E-state index contributed by atoms with van der Waals surface area (Å²) in [7, 11) is 0. The van der Waals surface area contributed by atoms with Gasteiger partial charge in [0.1, 0.15) is 0 Å². The van der Waals surface area contributed by atoms with Gasteiger partial charge < -0.3 is 10.1 Å². The smallest absolute Gasteiger partial charge is 0.234 e. The third-order valence-electron chi connectivity index (χ3n) is 5.84. The van der Waals surface area contributed by atoms with E-state index in [2.05, 4.69) is 47.5 Å². The van der Waals surface area contributed by atoms with Gasteiger partial charge in [0.25, 0.3) is 0 Å². The van der Waals surface area contributed by atoms with Gasteiger partial charge in [0.2, 0.25) is 5.91 Å². The Morgan fingerprint density at radius 2 is 2.00 bits per heavy atom. The molecule has 2 aromatic rings. The van der Waals surface area contributed by atoms with Crippen LogP contribution in [0.5, 0.6) is 0 Å². The number of carbonyl (C=O) groups excluding carboxylic acids is 1. The number of ether oxygens (including phenoxy) is 1. The van der Waals surface area contributed by atoms with Crippen LogP contribution in [0.15, 0.2) is 42.5 Å². The predicted octanol–water partition coefficient (Wildman–Crippen LogP) is 3.66. The maximum atomic E-state index is 12.6. The van der Waals surface area contributed by atoms with Crippen molar-refractivity contribution in [2.45, 2.75) is 50.8 Å². The van der Waals surface area contributed by atoms with Crippen LogP contribution in [0.2, 0.25) is 0 Å². The number of nitrogens with zero attached hydrogens (tertiary/aromatic N) is 1. The van der Waals surface area contributed by atoms with Gasteiger partial charge in [-0.05, 0) is 42.2 Å². The van der Waals surface area contributed by atoms with Crippen molar-refractivity contribution in [3.05, 3.63) is 48.0 Å². The highest BCUT2D eigenvalue weighted by Gasteiger charge is 2.34. The Balaban J connectivity index is 1.38. The largest absolute Gasteiger partial charge is 0.375 e. The van der Waals surface area contributed by atoms with E-state index in [1.165, 1.54) is 23.6 Å². The van der Waals surface area contributed by atoms with Crippen molar-refractivity contribution in [3.8, 4) is 0 Å². The summed E-state index contributed by atoms with van der Waals surface area (Å²) >= 11 is 0. The average molecular weight is 352 g/mol. The first kappa shape index (κ1) is 17.5. The van der Waals surface area contributed by atoms with E-state index in [1.54, 1.807) is 0 Å². The van der Waals surface area contributed by atoms with Crippen LogP contribution in [0.4, 0.5) is 0 Å². The fraction of sp³-hybridized carbons (Fsp3) is 0.500. The molecule has 1 amide bonds. The van der Waals surface area contributed by atoms with E-state index < -0.39 is 0 Å². The number of carbonyl (C=O) groups is 1. The van der Waals surface area contributed by atoms with Crippen LogP contribution in [-0.2, 0) is 9.53 Å². The molecule has 4 heteroatoms. The molecule has 2 fully saturated rings. The lowest BCUT2D eigenvalue weighted by atomic mass is 9.90. The Hall–Kier alpha value is -1.91. The second-order valence-electron chi connectivity index (χ2n) is 7.63. The molecule has 1 N–H and O–H groups in total. The maximum Gasteiger partial charge on any atom is 0.234 e. The molecule has 2 aliphatic rings. The SMILES string of the molecule is CC(NC(=O)CN1CCOC2CCCCC21)c1ccc2ccccc2c1. The van der Waals surface area contributed by atoms with Crippen molar-refractivity contribution in [3.63, 3.8) is 0 Å². The summed E-state index contributed by atoms with van der Waals surface area (Å²) in [5.41, 5.74) is 1.15. The molecule has 3 atom stereocenters. The fourth-order valence-electron chi connectivity index (χ4n) is 4.40. The molecule has 0 bridgehead atoms. The molecule has 1 saturated heterocycles. The summed E-state index contributed by atoms with van der Waals surface area (Å²) in [4.78, 5) is 15.0. The summed E-state index contributed by atoms with van der Waals surface area (Å²) in [5, 5.41) is 5.62. The molecule has 1 aliphatic heterocycles. The lowest BCUT2D eigenvalue weighted by molar-refractivity contribution is -0.130. The van der Waals surface area contributed by atoms with E-state index in [9.17, 15) is 4.79 Å². The first-order chi connectivity index (χ1) is 12.7. The van der Waals surface area contributed by atoms with E-state index in [-0.39, 0.29) is 11.9 Å². The van der Waals surface area contributed by atoms with Crippen molar-refractivity contribution < 1.29 is 9.53 Å². The molecule has 3 unspecified atom stereocenters. The van der Waals surface area contributed by atoms with Crippen LogP contribution in [0, 0.1) is 0 Å². The fourth-order valence-corrected chi connectivity index (χ4v) is 4.40. The van der Waals surface area contributed by atoms with Crippen LogP contribution in [0.3, 0.4) is 0 Å². The number of fused-ring (bicyclic) bond motifs is 2. The molecule has 26 heavy (non-hydrogen) atoms. The number of morpholine rings is 1. The topological polar surface area (TPSA) is 41.6 Å². The van der Waals surface area contributed by atoms with Crippen LogP contribution in [0.25, 0.3) is 10.8 Å². The third-order valence-corrected chi connectivity index (χ3v) is 5.84. The van der Waals surface area contributed by atoms with Gasteiger partial charge in [-0.3, -0.25) is 9.69 Å². The highest BCUT2D eigenvalue weighted by atomic mass is 16.5. The molecule has 0 radical (unpaired) electrons. The van der Waals surface area contributed by atoms with E-state index in [0.29, 0.717) is 18.7 Å². The van der Waals surface area contributed by atoms with Crippen LogP contribution >= 0.6 is 0 Å². The number of rotatable bonds is 4. The number of benzene rings is 2. The van der Waals surface area contributed by atoms with Crippen molar-refractivity contribution in [2.24, 2.45) is 0 Å². The summed E-state index contributed by atoms with van der Waals surface area (Å²) in [6.07, 6.45) is 5.10. The third kappa shape index (κ3) is 3.76. The second kappa shape index (κ2) is 7.77. The van der Waals surface area contributed by atoms with Crippen LogP contribution in [0.1, 0.15) is 44.2 Å². The van der Waals surface area contributed by atoms with E-state index >= 15 is 0 Å². The lowest BCUT2D eigenvalue weighted by Crippen LogP contribution is -2.55. The summed E-state index contributed by atoms with van der Waals surface area (Å²) < 4.78 is 5.91. The monoisotopic (exact) mass is 352 g/mol. The standard InChI is InChI=1S/C22H28N2O2/c1-16(18-11-10-17-6-2-3-7-19(17)14-18)23-22(25)15-24-12-13-26-21-9-5-4-8-20(21)24/h2-3,6-7,10-11,14,16,20-21H,4-5,8-9,12-13,15H2,1H3,(H,23,25). The van der Waals surface area contributed by atoms with Crippen molar-refractivity contribution >= 4 is 16.7 Å².